The standard InChI is InChI=1S/C12H13N3S/c1-8-7-10-5-3-4-6-11(10)15(8)12-13-9(2)14-16-12/h3-6,8H,7H2,1-2H3. The van der Waals surface area contributed by atoms with Gasteiger partial charge in [0.25, 0.3) is 0 Å². The van der Waals surface area contributed by atoms with E-state index >= 15 is 0 Å². The maximum Gasteiger partial charge on any atom is 0.209 e. The third kappa shape index (κ3) is 1.41. The molecule has 0 spiro atoms. The van der Waals surface area contributed by atoms with Crippen molar-refractivity contribution in [2.45, 2.75) is 26.3 Å². The molecule has 0 radical (unpaired) electrons. The number of hydrogen-bond donors (Lipinski definition) is 0. The highest BCUT2D eigenvalue weighted by Gasteiger charge is 2.28. The first kappa shape index (κ1) is 9.78. The van der Waals surface area contributed by atoms with Crippen LogP contribution >= 0.6 is 11.5 Å². The van der Waals surface area contributed by atoms with E-state index in [1.807, 2.05) is 6.92 Å². The Morgan fingerprint density at radius 2 is 2.19 bits per heavy atom. The number of benzene rings is 1. The van der Waals surface area contributed by atoms with Gasteiger partial charge < -0.3 is 4.90 Å². The fourth-order valence-electron chi connectivity index (χ4n) is 2.24. The van der Waals surface area contributed by atoms with E-state index in [1.54, 1.807) is 0 Å². The monoisotopic (exact) mass is 231 g/mol. The number of aromatic nitrogens is 2. The average Bonchev–Trinajstić information content (AvgIpc) is 2.80. The zero-order valence-electron chi connectivity index (χ0n) is 9.34. The van der Waals surface area contributed by atoms with Crippen LogP contribution in [0, 0.1) is 6.92 Å². The van der Waals surface area contributed by atoms with E-state index in [0.29, 0.717) is 6.04 Å². The molecule has 0 saturated carbocycles. The second kappa shape index (κ2) is 3.56. The molecule has 2 aromatic rings. The Balaban J connectivity index is 2.08. The number of rotatable bonds is 1. The van der Waals surface area contributed by atoms with Crippen LogP contribution in [0.1, 0.15) is 18.3 Å². The van der Waals surface area contributed by atoms with Gasteiger partial charge in [0.1, 0.15) is 5.82 Å². The molecule has 1 aliphatic heterocycles. The van der Waals surface area contributed by atoms with Crippen LogP contribution in [0.3, 0.4) is 0 Å². The van der Waals surface area contributed by atoms with Crippen molar-refractivity contribution >= 4 is 22.4 Å². The van der Waals surface area contributed by atoms with E-state index in [4.69, 9.17) is 0 Å². The Bertz CT molecular complexity index is 520. The largest absolute Gasteiger partial charge is 0.313 e. The molecule has 0 fully saturated rings. The highest BCUT2D eigenvalue weighted by molar-refractivity contribution is 7.09. The number of nitrogens with zero attached hydrogens (tertiary/aromatic N) is 3. The van der Waals surface area contributed by atoms with Crippen LogP contribution in [0.5, 0.6) is 0 Å². The van der Waals surface area contributed by atoms with Crippen molar-refractivity contribution in [3.05, 3.63) is 35.7 Å². The summed E-state index contributed by atoms with van der Waals surface area (Å²) in [6.45, 7) is 4.17. The number of hydrogen-bond acceptors (Lipinski definition) is 4. The lowest BCUT2D eigenvalue weighted by Crippen LogP contribution is -2.23. The molecule has 3 rings (SSSR count). The molecule has 82 valence electrons. The van der Waals surface area contributed by atoms with Crippen molar-refractivity contribution in [1.29, 1.82) is 0 Å². The first-order chi connectivity index (χ1) is 7.75. The van der Waals surface area contributed by atoms with Gasteiger partial charge in [0, 0.05) is 23.3 Å². The molecule has 1 unspecified atom stereocenters. The first-order valence-corrected chi connectivity index (χ1v) is 6.20. The summed E-state index contributed by atoms with van der Waals surface area (Å²) in [5, 5.41) is 1.01. The SMILES string of the molecule is Cc1nsc(N2c3ccccc3CC2C)n1. The number of para-hydroxylation sites is 1. The zero-order valence-corrected chi connectivity index (χ0v) is 10.2. The summed E-state index contributed by atoms with van der Waals surface area (Å²) >= 11 is 1.48. The van der Waals surface area contributed by atoms with E-state index in [2.05, 4.69) is 45.4 Å². The van der Waals surface area contributed by atoms with E-state index < -0.39 is 0 Å². The van der Waals surface area contributed by atoms with E-state index in [9.17, 15) is 0 Å². The molecule has 0 bridgehead atoms. The van der Waals surface area contributed by atoms with Gasteiger partial charge in [-0.25, -0.2) is 4.98 Å². The topological polar surface area (TPSA) is 29.0 Å². The van der Waals surface area contributed by atoms with Gasteiger partial charge in [-0.2, -0.15) is 4.37 Å². The second-order valence-electron chi connectivity index (χ2n) is 4.18. The molecule has 1 atom stereocenters. The third-order valence-corrected chi connectivity index (χ3v) is 3.74. The van der Waals surface area contributed by atoms with Crippen molar-refractivity contribution in [2.24, 2.45) is 0 Å². The van der Waals surface area contributed by atoms with Gasteiger partial charge in [-0.05, 0) is 31.9 Å². The molecule has 1 aliphatic rings. The van der Waals surface area contributed by atoms with Gasteiger partial charge in [0.05, 0.1) is 0 Å². The molecule has 4 heteroatoms. The van der Waals surface area contributed by atoms with Crippen molar-refractivity contribution in [1.82, 2.24) is 9.36 Å². The molecule has 0 amide bonds. The average molecular weight is 231 g/mol. The van der Waals surface area contributed by atoms with Crippen molar-refractivity contribution < 1.29 is 0 Å². The van der Waals surface area contributed by atoms with Gasteiger partial charge in [0.15, 0.2) is 0 Å². The highest BCUT2D eigenvalue weighted by Crippen LogP contribution is 2.38. The Labute approximate surface area is 98.9 Å². The summed E-state index contributed by atoms with van der Waals surface area (Å²) < 4.78 is 4.26. The van der Waals surface area contributed by atoms with Gasteiger partial charge in [-0.15, -0.1) is 0 Å². The molecule has 3 nitrogen and oxygen atoms in total. The van der Waals surface area contributed by atoms with Crippen LogP contribution in [0.15, 0.2) is 24.3 Å². The minimum absolute atomic E-state index is 0.477. The van der Waals surface area contributed by atoms with Crippen molar-refractivity contribution in [3.63, 3.8) is 0 Å². The molecule has 0 saturated heterocycles. The van der Waals surface area contributed by atoms with Gasteiger partial charge in [0.2, 0.25) is 5.13 Å². The fourth-order valence-corrected chi connectivity index (χ4v) is 3.03. The number of anilines is 2. The Morgan fingerprint density at radius 3 is 2.94 bits per heavy atom. The maximum absolute atomic E-state index is 4.48. The molecule has 0 aliphatic carbocycles. The van der Waals surface area contributed by atoms with E-state index in [-0.39, 0.29) is 0 Å². The number of fused-ring (bicyclic) bond motifs is 1. The third-order valence-electron chi connectivity index (χ3n) is 2.93. The zero-order chi connectivity index (χ0) is 11.1. The number of aryl methyl sites for hydroxylation is 1. The van der Waals surface area contributed by atoms with Crippen LogP contribution in [0.4, 0.5) is 10.8 Å². The molecule has 0 N–H and O–H groups in total. The van der Waals surface area contributed by atoms with Crippen LogP contribution in [0.25, 0.3) is 0 Å². The van der Waals surface area contributed by atoms with Crippen LogP contribution < -0.4 is 4.90 Å². The summed E-state index contributed by atoms with van der Waals surface area (Å²) in [5.74, 6) is 0.858. The lowest BCUT2D eigenvalue weighted by molar-refractivity contribution is 0.756. The summed E-state index contributed by atoms with van der Waals surface area (Å²) in [7, 11) is 0. The van der Waals surface area contributed by atoms with Gasteiger partial charge in [-0.3, -0.25) is 0 Å². The fraction of sp³-hybridized carbons (Fsp3) is 0.333. The Hall–Kier alpha value is -1.42. The minimum Gasteiger partial charge on any atom is -0.313 e. The first-order valence-electron chi connectivity index (χ1n) is 5.43. The van der Waals surface area contributed by atoms with E-state index in [1.165, 1.54) is 22.8 Å². The van der Waals surface area contributed by atoms with Crippen LogP contribution in [0.2, 0.25) is 0 Å². The molecular weight excluding hydrogens is 218 g/mol. The smallest absolute Gasteiger partial charge is 0.209 e. The molecule has 1 aromatic carbocycles. The normalized spacial score (nSPS) is 18.9. The van der Waals surface area contributed by atoms with Crippen LogP contribution in [-0.2, 0) is 6.42 Å². The van der Waals surface area contributed by atoms with Crippen molar-refractivity contribution in [3.8, 4) is 0 Å². The Morgan fingerprint density at radius 1 is 1.38 bits per heavy atom. The van der Waals surface area contributed by atoms with Crippen LogP contribution in [-0.4, -0.2) is 15.4 Å². The highest BCUT2D eigenvalue weighted by atomic mass is 32.1. The van der Waals surface area contributed by atoms with Crippen molar-refractivity contribution in [2.75, 3.05) is 4.90 Å². The molecule has 1 aromatic heterocycles. The molecule has 16 heavy (non-hydrogen) atoms. The van der Waals surface area contributed by atoms with Gasteiger partial charge in [-0.1, -0.05) is 18.2 Å². The second-order valence-corrected chi connectivity index (χ2v) is 4.91. The predicted octanol–water partition coefficient (Wildman–Crippen LogP) is 2.93. The molecule has 2 heterocycles. The predicted molar refractivity (Wildman–Crippen MR) is 66.4 cm³/mol. The molecular formula is C12H13N3S. The summed E-state index contributed by atoms with van der Waals surface area (Å²) in [4.78, 5) is 6.77. The van der Waals surface area contributed by atoms with Gasteiger partial charge >= 0.3 is 0 Å². The summed E-state index contributed by atoms with van der Waals surface area (Å²) in [6, 6.07) is 9.01. The Kier molecular flexibility index (Phi) is 2.17. The maximum atomic E-state index is 4.48. The lowest BCUT2D eigenvalue weighted by Gasteiger charge is -2.20. The minimum atomic E-state index is 0.477. The van der Waals surface area contributed by atoms with E-state index in [0.717, 1.165) is 17.4 Å². The quantitative estimate of drug-likeness (QED) is 0.755. The summed E-state index contributed by atoms with van der Waals surface area (Å²) in [5.41, 5.74) is 2.69. The summed E-state index contributed by atoms with van der Waals surface area (Å²) in [6.07, 6.45) is 1.09. The lowest BCUT2D eigenvalue weighted by atomic mass is 10.1.